The Labute approximate surface area is 112 Å². The summed E-state index contributed by atoms with van der Waals surface area (Å²) < 4.78 is 70.7. The standard InChI is InChI=1S/C11H5BrF5NO/c12-4-1-2-19-5(4)3-18-11-9(16)7(14)6(13)8(15)10(11)17/h1-2,18H,3H2. The van der Waals surface area contributed by atoms with E-state index < -0.39 is 34.8 Å². The zero-order chi connectivity index (χ0) is 14.2. The van der Waals surface area contributed by atoms with E-state index in [2.05, 4.69) is 21.2 Å². The quantitative estimate of drug-likeness (QED) is 0.510. The molecule has 2 aromatic rings. The summed E-state index contributed by atoms with van der Waals surface area (Å²) in [5.41, 5.74) is -1.10. The summed E-state index contributed by atoms with van der Waals surface area (Å²) in [7, 11) is 0. The molecule has 1 N–H and O–H groups in total. The van der Waals surface area contributed by atoms with Crippen LogP contribution in [0.15, 0.2) is 21.2 Å². The van der Waals surface area contributed by atoms with Gasteiger partial charge in [-0.1, -0.05) is 0 Å². The molecule has 1 aromatic carbocycles. The summed E-state index contributed by atoms with van der Waals surface area (Å²) in [5, 5.41) is 2.11. The lowest BCUT2D eigenvalue weighted by atomic mass is 10.2. The van der Waals surface area contributed by atoms with Gasteiger partial charge in [0.1, 0.15) is 11.4 Å². The van der Waals surface area contributed by atoms with E-state index in [1.165, 1.54) is 12.3 Å². The second kappa shape index (κ2) is 5.20. The molecule has 0 amide bonds. The maximum absolute atomic E-state index is 13.3. The third-order valence-electron chi connectivity index (χ3n) is 2.33. The van der Waals surface area contributed by atoms with Gasteiger partial charge in [-0.15, -0.1) is 0 Å². The first-order chi connectivity index (χ1) is 8.93. The predicted octanol–water partition coefficient (Wildman–Crippen LogP) is 4.35. The first kappa shape index (κ1) is 13.9. The van der Waals surface area contributed by atoms with Crippen LogP contribution in [0.2, 0.25) is 0 Å². The molecule has 0 bridgehead atoms. The van der Waals surface area contributed by atoms with E-state index in [1.807, 2.05) is 0 Å². The van der Waals surface area contributed by atoms with Crippen LogP contribution in [-0.4, -0.2) is 0 Å². The van der Waals surface area contributed by atoms with Gasteiger partial charge in [0.25, 0.3) is 0 Å². The summed E-state index contributed by atoms with van der Waals surface area (Å²) in [6.45, 7) is -0.244. The summed E-state index contributed by atoms with van der Waals surface area (Å²) in [6, 6.07) is 1.52. The van der Waals surface area contributed by atoms with Crippen molar-refractivity contribution in [3.8, 4) is 0 Å². The van der Waals surface area contributed by atoms with Crippen LogP contribution in [0.5, 0.6) is 0 Å². The fraction of sp³-hybridized carbons (Fsp3) is 0.0909. The minimum absolute atomic E-state index is 0.244. The van der Waals surface area contributed by atoms with E-state index in [-0.39, 0.29) is 12.3 Å². The number of rotatable bonds is 3. The molecule has 0 radical (unpaired) electrons. The highest BCUT2D eigenvalue weighted by molar-refractivity contribution is 9.10. The molecule has 0 aliphatic heterocycles. The van der Waals surface area contributed by atoms with E-state index in [0.717, 1.165) is 0 Å². The lowest BCUT2D eigenvalue weighted by molar-refractivity contribution is 0.381. The number of nitrogens with one attached hydrogen (secondary N) is 1. The lowest BCUT2D eigenvalue weighted by Gasteiger charge is -2.09. The highest BCUT2D eigenvalue weighted by atomic mass is 79.9. The van der Waals surface area contributed by atoms with Gasteiger partial charge in [0.2, 0.25) is 5.82 Å². The van der Waals surface area contributed by atoms with E-state index >= 15 is 0 Å². The number of halogens is 6. The third-order valence-corrected chi connectivity index (χ3v) is 3.03. The van der Waals surface area contributed by atoms with Crippen molar-refractivity contribution in [2.75, 3.05) is 5.32 Å². The van der Waals surface area contributed by atoms with Gasteiger partial charge in [-0.3, -0.25) is 0 Å². The summed E-state index contributed by atoms with van der Waals surface area (Å²) in [5.74, 6) is -9.78. The third kappa shape index (κ3) is 2.44. The van der Waals surface area contributed by atoms with Crippen molar-refractivity contribution in [2.45, 2.75) is 6.54 Å². The van der Waals surface area contributed by atoms with Crippen molar-refractivity contribution in [3.63, 3.8) is 0 Å². The number of anilines is 1. The fourth-order valence-electron chi connectivity index (χ4n) is 1.38. The van der Waals surface area contributed by atoms with Crippen LogP contribution < -0.4 is 5.32 Å². The Balaban J connectivity index is 2.33. The molecule has 1 heterocycles. The minimum Gasteiger partial charge on any atom is -0.466 e. The van der Waals surface area contributed by atoms with Crippen LogP contribution >= 0.6 is 15.9 Å². The van der Waals surface area contributed by atoms with Crippen molar-refractivity contribution >= 4 is 21.6 Å². The average molecular weight is 342 g/mol. The van der Waals surface area contributed by atoms with E-state index in [0.29, 0.717) is 4.47 Å². The molecular formula is C11H5BrF5NO. The van der Waals surface area contributed by atoms with Gasteiger partial charge in [0, 0.05) is 0 Å². The molecule has 0 aliphatic carbocycles. The van der Waals surface area contributed by atoms with Crippen molar-refractivity contribution in [1.29, 1.82) is 0 Å². The molecular weight excluding hydrogens is 337 g/mol. The smallest absolute Gasteiger partial charge is 0.200 e. The molecule has 0 unspecified atom stereocenters. The summed E-state index contributed by atoms with van der Waals surface area (Å²) in [6.07, 6.45) is 1.31. The normalized spacial score (nSPS) is 10.8. The Hall–Kier alpha value is -1.57. The molecule has 2 rings (SSSR count). The van der Waals surface area contributed by atoms with E-state index in [9.17, 15) is 22.0 Å². The Morgan fingerprint density at radius 2 is 1.47 bits per heavy atom. The first-order valence-corrected chi connectivity index (χ1v) is 5.70. The van der Waals surface area contributed by atoms with Crippen LogP contribution in [0, 0.1) is 29.1 Å². The molecule has 0 atom stereocenters. The Morgan fingerprint density at radius 1 is 0.947 bits per heavy atom. The maximum Gasteiger partial charge on any atom is 0.200 e. The number of benzene rings is 1. The van der Waals surface area contributed by atoms with Crippen LogP contribution in [0.3, 0.4) is 0 Å². The largest absolute Gasteiger partial charge is 0.466 e. The summed E-state index contributed by atoms with van der Waals surface area (Å²) >= 11 is 3.09. The van der Waals surface area contributed by atoms with E-state index in [4.69, 9.17) is 4.42 Å². The molecule has 1 aromatic heterocycles. The van der Waals surface area contributed by atoms with Crippen LogP contribution in [0.4, 0.5) is 27.6 Å². The van der Waals surface area contributed by atoms with Crippen molar-refractivity contribution < 1.29 is 26.4 Å². The van der Waals surface area contributed by atoms with Crippen molar-refractivity contribution in [2.24, 2.45) is 0 Å². The fourth-order valence-corrected chi connectivity index (χ4v) is 1.72. The monoisotopic (exact) mass is 341 g/mol. The molecule has 8 heteroatoms. The van der Waals surface area contributed by atoms with Gasteiger partial charge in [-0.2, -0.15) is 0 Å². The molecule has 102 valence electrons. The number of hydrogen-bond acceptors (Lipinski definition) is 2. The van der Waals surface area contributed by atoms with Gasteiger partial charge in [0.05, 0.1) is 17.3 Å². The molecule has 0 fully saturated rings. The minimum atomic E-state index is -2.19. The van der Waals surface area contributed by atoms with Gasteiger partial charge >= 0.3 is 0 Å². The second-order valence-corrected chi connectivity index (χ2v) is 4.34. The topological polar surface area (TPSA) is 25.2 Å². The summed E-state index contributed by atoms with van der Waals surface area (Å²) in [4.78, 5) is 0. The zero-order valence-electron chi connectivity index (χ0n) is 9.04. The molecule has 2 nitrogen and oxygen atoms in total. The van der Waals surface area contributed by atoms with Gasteiger partial charge in [-0.05, 0) is 22.0 Å². The van der Waals surface area contributed by atoms with Crippen molar-refractivity contribution in [3.05, 3.63) is 51.6 Å². The van der Waals surface area contributed by atoms with Crippen molar-refractivity contribution in [1.82, 2.24) is 0 Å². The lowest BCUT2D eigenvalue weighted by Crippen LogP contribution is -2.09. The molecule has 0 saturated carbocycles. The molecule has 0 aliphatic rings. The van der Waals surface area contributed by atoms with Crippen LogP contribution in [0.1, 0.15) is 5.76 Å². The molecule has 0 spiro atoms. The highest BCUT2D eigenvalue weighted by Gasteiger charge is 2.25. The van der Waals surface area contributed by atoms with Gasteiger partial charge < -0.3 is 9.73 Å². The van der Waals surface area contributed by atoms with Gasteiger partial charge in [0.15, 0.2) is 23.3 Å². The first-order valence-electron chi connectivity index (χ1n) is 4.90. The number of furan rings is 1. The van der Waals surface area contributed by atoms with Crippen LogP contribution in [-0.2, 0) is 6.54 Å². The zero-order valence-corrected chi connectivity index (χ0v) is 10.6. The molecule has 0 saturated heterocycles. The highest BCUT2D eigenvalue weighted by Crippen LogP contribution is 2.28. The predicted molar refractivity (Wildman–Crippen MR) is 60.0 cm³/mol. The van der Waals surface area contributed by atoms with E-state index in [1.54, 1.807) is 0 Å². The average Bonchev–Trinajstić information content (AvgIpc) is 2.80. The van der Waals surface area contributed by atoms with Gasteiger partial charge in [-0.25, -0.2) is 22.0 Å². The maximum atomic E-state index is 13.3. The van der Waals surface area contributed by atoms with Crippen LogP contribution in [0.25, 0.3) is 0 Å². The number of hydrogen-bond donors (Lipinski definition) is 1. The second-order valence-electron chi connectivity index (χ2n) is 3.49. The molecule has 19 heavy (non-hydrogen) atoms. The SMILES string of the molecule is Fc1c(F)c(F)c(NCc2occc2Br)c(F)c1F. The Bertz CT molecular complexity index is 599. The Morgan fingerprint density at radius 3 is 1.95 bits per heavy atom. The Kier molecular flexibility index (Phi) is 3.79.